The summed E-state index contributed by atoms with van der Waals surface area (Å²) in [5.74, 6) is 0.808. The van der Waals surface area contributed by atoms with E-state index in [0.29, 0.717) is 5.15 Å². The first-order valence-corrected chi connectivity index (χ1v) is 5.25. The van der Waals surface area contributed by atoms with E-state index in [-0.39, 0.29) is 5.28 Å². The number of aromatic nitrogens is 4. The van der Waals surface area contributed by atoms with Crippen LogP contribution in [0.15, 0.2) is 12.4 Å². The average Bonchev–Trinajstić information content (AvgIpc) is 2.65. The van der Waals surface area contributed by atoms with Gasteiger partial charge >= 0.3 is 0 Å². The van der Waals surface area contributed by atoms with E-state index in [1.807, 2.05) is 10.8 Å². The Morgan fingerprint density at radius 1 is 1.27 bits per heavy atom. The zero-order valence-corrected chi connectivity index (χ0v) is 9.13. The second-order valence-corrected chi connectivity index (χ2v) is 4.00. The molecule has 4 nitrogen and oxygen atoms in total. The van der Waals surface area contributed by atoms with Crippen molar-refractivity contribution >= 4 is 23.2 Å². The average molecular weight is 241 g/mol. The summed E-state index contributed by atoms with van der Waals surface area (Å²) in [6.07, 6.45) is 4.48. The molecule has 15 heavy (non-hydrogen) atoms. The quantitative estimate of drug-likeness (QED) is 0.524. The van der Waals surface area contributed by atoms with Crippen molar-refractivity contribution in [1.82, 2.24) is 19.5 Å². The summed E-state index contributed by atoms with van der Waals surface area (Å²) in [4.78, 5) is 12.3. The van der Waals surface area contributed by atoms with Gasteiger partial charge in [-0.2, -0.15) is 0 Å². The molecule has 0 saturated heterocycles. The molecule has 2 aromatic rings. The fourth-order valence-corrected chi connectivity index (χ4v) is 2.25. The van der Waals surface area contributed by atoms with E-state index < -0.39 is 0 Å². The topological polar surface area (TPSA) is 43.6 Å². The van der Waals surface area contributed by atoms with Crippen LogP contribution in [0.1, 0.15) is 5.56 Å². The van der Waals surface area contributed by atoms with E-state index in [1.54, 1.807) is 6.20 Å². The molecular formula is C9H6Cl2N4. The molecule has 2 aromatic heterocycles. The Balaban J connectivity index is 2.32. The highest BCUT2D eigenvalue weighted by molar-refractivity contribution is 6.32. The van der Waals surface area contributed by atoms with Gasteiger partial charge in [-0.15, -0.1) is 0 Å². The number of aryl methyl sites for hydroxylation is 1. The first kappa shape index (κ1) is 9.12. The molecule has 0 saturated carbocycles. The van der Waals surface area contributed by atoms with Crippen LogP contribution in [0.25, 0.3) is 11.5 Å². The maximum Gasteiger partial charge on any atom is 0.224 e. The Bertz CT molecular complexity index is 535. The Kier molecular flexibility index (Phi) is 1.94. The zero-order valence-electron chi connectivity index (χ0n) is 7.61. The smallest absolute Gasteiger partial charge is 0.224 e. The molecule has 0 amide bonds. The third-order valence-electron chi connectivity index (χ3n) is 2.46. The van der Waals surface area contributed by atoms with Gasteiger partial charge in [0.05, 0.1) is 0 Å². The lowest BCUT2D eigenvalue weighted by atomic mass is 10.1. The van der Waals surface area contributed by atoms with Gasteiger partial charge in [-0.05, 0) is 18.0 Å². The number of hydrogen-bond acceptors (Lipinski definition) is 3. The van der Waals surface area contributed by atoms with Gasteiger partial charge in [-0.25, -0.2) is 15.0 Å². The van der Waals surface area contributed by atoms with E-state index in [4.69, 9.17) is 23.2 Å². The van der Waals surface area contributed by atoms with Gasteiger partial charge in [0.15, 0.2) is 5.82 Å². The molecule has 0 radical (unpaired) electrons. The lowest BCUT2D eigenvalue weighted by Gasteiger charge is -2.17. The normalized spacial score (nSPS) is 13.5. The maximum absolute atomic E-state index is 6.01. The van der Waals surface area contributed by atoms with E-state index in [0.717, 1.165) is 30.0 Å². The molecule has 0 aromatic carbocycles. The third kappa shape index (κ3) is 1.33. The van der Waals surface area contributed by atoms with Gasteiger partial charge in [-0.3, -0.25) is 0 Å². The minimum absolute atomic E-state index is 0.162. The largest absolute Gasteiger partial charge is 0.329 e. The van der Waals surface area contributed by atoms with Crippen molar-refractivity contribution in [2.24, 2.45) is 0 Å². The molecule has 3 rings (SSSR count). The predicted octanol–water partition coefficient (Wildman–Crippen LogP) is 2.20. The molecule has 0 aliphatic carbocycles. The lowest BCUT2D eigenvalue weighted by Crippen LogP contribution is -2.13. The number of nitrogens with zero attached hydrogens (tertiary/aromatic N) is 4. The van der Waals surface area contributed by atoms with Crippen LogP contribution in [0.4, 0.5) is 0 Å². The van der Waals surface area contributed by atoms with Crippen LogP contribution in [0.3, 0.4) is 0 Å². The minimum atomic E-state index is 0.162. The molecule has 0 N–H and O–H groups in total. The minimum Gasteiger partial charge on any atom is -0.329 e. The van der Waals surface area contributed by atoms with Crippen molar-refractivity contribution in [2.45, 2.75) is 13.0 Å². The summed E-state index contributed by atoms with van der Waals surface area (Å²) in [6.45, 7) is 0.854. The Hall–Kier alpha value is -1.13. The highest BCUT2D eigenvalue weighted by atomic mass is 35.5. The van der Waals surface area contributed by atoms with Gasteiger partial charge in [0, 0.05) is 24.5 Å². The van der Waals surface area contributed by atoms with Gasteiger partial charge < -0.3 is 4.57 Å². The van der Waals surface area contributed by atoms with E-state index in [2.05, 4.69) is 15.0 Å². The zero-order chi connectivity index (χ0) is 10.4. The molecule has 0 bridgehead atoms. The summed E-state index contributed by atoms with van der Waals surface area (Å²) in [7, 11) is 0. The van der Waals surface area contributed by atoms with Crippen LogP contribution in [-0.4, -0.2) is 19.5 Å². The second-order valence-electron chi connectivity index (χ2n) is 3.30. The van der Waals surface area contributed by atoms with Crippen molar-refractivity contribution in [2.75, 3.05) is 0 Å². The van der Waals surface area contributed by atoms with Gasteiger partial charge in [0.25, 0.3) is 0 Å². The molecule has 0 atom stereocenters. The Morgan fingerprint density at radius 3 is 3.00 bits per heavy atom. The summed E-state index contributed by atoms with van der Waals surface area (Å²) < 4.78 is 2.03. The standard InChI is InChI=1S/C9H6Cl2N4/c10-7-5-1-3-15-4-2-12-8(15)6(5)13-9(11)14-7/h2,4H,1,3H2. The lowest BCUT2D eigenvalue weighted by molar-refractivity contribution is 0.675. The fraction of sp³-hybridized carbons (Fsp3) is 0.222. The Labute approximate surface area is 95.9 Å². The summed E-state index contributed by atoms with van der Waals surface area (Å²) in [5.41, 5.74) is 1.68. The van der Waals surface area contributed by atoms with Gasteiger partial charge in [-0.1, -0.05) is 11.6 Å². The molecule has 76 valence electrons. The van der Waals surface area contributed by atoms with Crippen molar-refractivity contribution < 1.29 is 0 Å². The predicted molar refractivity (Wildman–Crippen MR) is 57.0 cm³/mol. The summed E-state index contributed by atoms with van der Waals surface area (Å²) in [5, 5.41) is 0.592. The summed E-state index contributed by atoms with van der Waals surface area (Å²) >= 11 is 11.8. The molecule has 1 aliphatic heterocycles. The van der Waals surface area contributed by atoms with Crippen LogP contribution in [0.2, 0.25) is 10.4 Å². The first-order chi connectivity index (χ1) is 7.25. The number of imidazole rings is 1. The first-order valence-electron chi connectivity index (χ1n) is 4.49. The molecular weight excluding hydrogens is 235 g/mol. The van der Waals surface area contributed by atoms with Crippen LogP contribution in [-0.2, 0) is 13.0 Å². The van der Waals surface area contributed by atoms with Crippen LogP contribution >= 0.6 is 23.2 Å². The molecule has 0 spiro atoms. The highest BCUT2D eigenvalue weighted by Crippen LogP contribution is 2.30. The second kappa shape index (κ2) is 3.18. The number of hydrogen-bond donors (Lipinski definition) is 0. The monoisotopic (exact) mass is 240 g/mol. The maximum atomic E-state index is 6.01. The van der Waals surface area contributed by atoms with Crippen LogP contribution in [0.5, 0.6) is 0 Å². The fourth-order valence-electron chi connectivity index (χ4n) is 1.78. The molecule has 0 fully saturated rings. The molecule has 6 heteroatoms. The van der Waals surface area contributed by atoms with Crippen molar-refractivity contribution in [3.05, 3.63) is 28.4 Å². The summed E-state index contributed by atoms with van der Waals surface area (Å²) in [6, 6.07) is 0. The van der Waals surface area contributed by atoms with Crippen molar-refractivity contribution in [3.63, 3.8) is 0 Å². The van der Waals surface area contributed by atoms with E-state index in [1.165, 1.54) is 0 Å². The molecule has 1 aliphatic rings. The van der Waals surface area contributed by atoms with E-state index in [9.17, 15) is 0 Å². The number of halogens is 2. The van der Waals surface area contributed by atoms with Crippen molar-refractivity contribution in [3.8, 4) is 11.5 Å². The number of rotatable bonds is 0. The van der Waals surface area contributed by atoms with Gasteiger partial charge in [0.2, 0.25) is 5.28 Å². The number of fused-ring (bicyclic) bond motifs is 3. The van der Waals surface area contributed by atoms with Gasteiger partial charge in [0.1, 0.15) is 10.8 Å². The highest BCUT2D eigenvalue weighted by Gasteiger charge is 2.21. The van der Waals surface area contributed by atoms with E-state index >= 15 is 0 Å². The van der Waals surface area contributed by atoms with Crippen LogP contribution in [0, 0.1) is 0 Å². The Morgan fingerprint density at radius 2 is 2.13 bits per heavy atom. The molecule has 3 heterocycles. The van der Waals surface area contributed by atoms with Crippen molar-refractivity contribution in [1.29, 1.82) is 0 Å². The SMILES string of the molecule is Clc1nc(Cl)c2c(n1)-c1nccn1CC2. The molecule has 0 unspecified atom stereocenters. The van der Waals surface area contributed by atoms with Crippen LogP contribution < -0.4 is 0 Å². The third-order valence-corrected chi connectivity index (χ3v) is 2.94.